The highest BCUT2D eigenvalue weighted by Crippen LogP contribution is 2.42. The van der Waals surface area contributed by atoms with Crippen LogP contribution < -0.4 is 4.90 Å². The van der Waals surface area contributed by atoms with Crippen LogP contribution in [0.3, 0.4) is 0 Å². The Labute approximate surface area is 116 Å². The summed E-state index contributed by atoms with van der Waals surface area (Å²) in [4.78, 5) is 26.0. The monoisotopic (exact) mass is 261 g/mol. The second-order valence-electron chi connectivity index (χ2n) is 4.96. The van der Waals surface area contributed by atoms with E-state index in [0.717, 1.165) is 16.8 Å². The van der Waals surface area contributed by atoms with Crippen molar-refractivity contribution < 1.29 is 9.59 Å². The Morgan fingerprint density at radius 3 is 2.50 bits per heavy atom. The van der Waals surface area contributed by atoms with Crippen molar-refractivity contribution in [3.8, 4) is 0 Å². The number of anilines is 1. The summed E-state index contributed by atoms with van der Waals surface area (Å²) in [6.07, 6.45) is 3.96. The minimum Gasteiger partial charge on any atom is -0.293 e. The van der Waals surface area contributed by atoms with Crippen molar-refractivity contribution in [3.63, 3.8) is 0 Å². The number of nitrogens with zero attached hydrogens (tertiary/aromatic N) is 1. The van der Waals surface area contributed by atoms with Gasteiger partial charge >= 0.3 is 0 Å². The van der Waals surface area contributed by atoms with Crippen LogP contribution in [0.15, 0.2) is 54.6 Å². The molecule has 0 saturated carbocycles. The molecule has 0 saturated heterocycles. The number of para-hydroxylation sites is 1. The standard InChI is InChI=1S/C17H11NO2/c19-16-13-8-4-7-12-9-10-14(11-5-2-1-3-6-11)18(15(12)13)17(16)20/h1-10,14H. The number of Topliss-reactive ketones (excluding diaryl/α,β-unsaturated/α-hetero) is 1. The summed E-state index contributed by atoms with van der Waals surface area (Å²) < 4.78 is 0. The lowest BCUT2D eigenvalue weighted by Crippen LogP contribution is -2.34. The Hall–Kier alpha value is -2.68. The normalized spacial score (nSPS) is 19.4. The van der Waals surface area contributed by atoms with Gasteiger partial charge in [-0.2, -0.15) is 0 Å². The number of hydrogen-bond acceptors (Lipinski definition) is 2. The van der Waals surface area contributed by atoms with Crippen molar-refractivity contribution >= 4 is 23.5 Å². The van der Waals surface area contributed by atoms with Crippen LogP contribution in [0.5, 0.6) is 0 Å². The third kappa shape index (κ3) is 1.35. The fourth-order valence-electron chi connectivity index (χ4n) is 2.93. The molecule has 0 fully saturated rings. The zero-order valence-electron chi connectivity index (χ0n) is 10.6. The molecule has 1 atom stereocenters. The van der Waals surface area contributed by atoms with Gasteiger partial charge in [0.1, 0.15) is 0 Å². The predicted molar refractivity (Wildman–Crippen MR) is 76.5 cm³/mol. The van der Waals surface area contributed by atoms with E-state index >= 15 is 0 Å². The predicted octanol–water partition coefficient (Wildman–Crippen LogP) is 2.98. The van der Waals surface area contributed by atoms with Gasteiger partial charge in [-0.1, -0.05) is 54.6 Å². The Morgan fingerprint density at radius 1 is 0.900 bits per heavy atom. The lowest BCUT2D eigenvalue weighted by Gasteiger charge is -2.30. The number of benzene rings is 2. The molecule has 0 N–H and O–H groups in total. The van der Waals surface area contributed by atoms with Crippen LogP contribution in [0.1, 0.15) is 27.5 Å². The van der Waals surface area contributed by atoms with Gasteiger partial charge in [0, 0.05) is 0 Å². The molecule has 0 aromatic heterocycles. The third-order valence-corrected chi connectivity index (χ3v) is 3.84. The lowest BCUT2D eigenvalue weighted by molar-refractivity contribution is -0.114. The highest BCUT2D eigenvalue weighted by molar-refractivity contribution is 6.53. The molecular weight excluding hydrogens is 250 g/mol. The van der Waals surface area contributed by atoms with E-state index in [2.05, 4.69) is 0 Å². The van der Waals surface area contributed by atoms with E-state index in [9.17, 15) is 9.59 Å². The molecule has 3 nitrogen and oxygen atoms in total. The van der Waals surface area contributed by atoms with E-state index in [0.29, 0.717) is 5.56 Å². The van der Waals surface area contributed by atoms with Gasteiger partial charge in [-0.3, -0.25) is 14.5 Å². The number of carbonyl (C=O) groups is 2. The molecule has 4 rings (SSSR count). The molecule has 0 radical (unpaired) electrons. The Bertz CT molecular complexity index is 762. The van der Waals surface area contributed by atoms with Crippen molar-refractivity contribution in [3.05, 3.63) is 71.3 Å². The first-order chi connectivity index (χ1) is 9.77. The largest absolute Gasteiger partial charge is 0.300 e. The van der Waals surface area contributed by atoms with Crippen LogP contribution >= 0.6 is 0 Å². The van der Waals surface area contributed by atoms with Gasteiger partial charge in [0.2, 0.25) is 0 Å². The summed E-state index contributed by atoms with van der Waals surface area (Å²) in [6.45, 7) is 0. The topological polar surface area (TPSA) is 37.4 Å². The smallest absolute Gasteiger partial charge is 0.293 e. The fourth-order valence-corrected chi connectivity index (χ4v) is 2.93. The molecule has 2 aromatic carbocycles. The van der Waals surface area contributed by atoms with Crippen LogP contribution in [-0.2, 0) is 4.79 Å². The highest BCUT2D eigenvalue weighted by atomic mass is 16.2. The van der Waals surface area contributed by atoms with Gasteiger partial charge in [-0.15, -0.1) is 0 Å². The van der Waals surface area contributed by atoms with Gasteiger partial charge in [0.15, 0.2) is 0 Å². The van der Waals surface area contributed by atoms with Crippen molar-refractivity contribution in [2.75, 3.05) is 4.90 Å². The molecule has 20 heavy (non-hydrogen) atoms. The van der Waals surface area contributed by atoms with Crippen LogP contribution in [-0.4, -0.2) is 11.7 Å². The maximum Gasteiger partial charge on any atom is 0.300 e. The summed E-state index contributed by atoms with van der Waals surface area (Å²) >= 11 is 0. The average molecular weight is 261 g/mol. The first-order valence-corrected chi connectivity index (χ1v) is 6.51. The molecular formula is C17H11NO2. The van der Waals surface area contributed by atoms with Gasteiger partial charge in [0.25, 0.3) is 11.7 Å². The Morgan fingerprint density at radius 2 is 1.70 bits per heavy atom. The van der Waals surface area contributed by atoms with Gasteiger partial charge in [0.05, 0.1) is 17.3 Å². The second-order valence-corrected chi connectivity index (χ2v) is 4.96. The molecule has 0 spiro atoms. The molecule has 2 heterocycles. The van der Waals surface area contributed by atoms with E-state index in [4.69, 9.17) is 0 Å². The van der Waals surface area contributed by atoms with Gasteiger partial charge < -0.3 is 0 Å². The van der Waals surface area contributed by atoms with E-state index in [1.54, 1.807) is 11.0 Å². The third-order valence-electron chi connectivity index (χ3n) is 3.84. The first-order valence-electron chi connectivity index (χ1n) is 6.51. The zero-order chi connectivity index (χ0) is 13.7. The summed E-state index contributed by atoms with van der Waals surface area (Å²) in [5.74, 6) is -0.850. The van der Waals surface area contributed by atoms with Gasteiger partial charge in [-0.05, 0) is 17.2 Å². The van der Waals surface area contributed by atoms with Crippen LogP contribution in [0.4, 0.5) is 5.69 Å². The summed E-state index contributed by atoms with van der Waals surface area (Å²) in [7, 11) is 0. The van der Waals surface area contributed by atoms with Crippen LogP contribution in [0.25, 0.3) is 6.08 Å². The molecule has 0 bridgehead atoms. The number of ketones is 1. The van der Waals surface area contributed by atoms with Crippen molar-refractivity contribution in [2.24, 2.45) is 0 Å². The number of carbonyl (C=O) groups excluding carboxylic acids is 2. The molecule has 0 aliphatic carbocycles. The minimum absolute atomic E-state index is 0.205. The Balaban J connectivity index is 1.94. The van der Waals surface area contributed by atoms with E-state index in [-0.39, 0.29) is 6.04 Å². The molecule has 2 aromatic rings. The van der Waals surface area contributed by atoms with Crippen molar-refractivity contribution in [1.29, 1.82) is 0 Å². The molecule has 96 valence electrons. The number of hydrogen-bond donors (Lipinski definition) is 0. The molecule has 2 aliphatic rings. The van der Waals surface area contributed by atoms with E-state index in [1.807, 2.05) is 54.6 Å². The lowest BCUT2D eigenvalue weighted by atomic mass is 9.97. The SMILES string of the molecule is O=C1C(=O)N2c3c(cccc31)C=CC2c1ccccc1. The first kappa shape index (κ1) is 11.2. The van der Waals surface area contributed by atoms with Crippen molar-refractivity contribution in [1.82, 2.24) is 0 Å². The summed E-state index contributed by atoms with van der Waals surface area (Å²) in [6, 6.07) is 15.0. The number of amides is 1. The average Bonchev–Trinajstić information content (AvgIpc) is 2.76. The quantitative estimate of drug-likeness (QED) is 0.740. The highest BCUT2D eigenvalue weighted by Gasteiger charge is 2.42. The summed E-state index contributed by atoms with van der Waals surface area (Å²) in [5, 5.41) is 0. The minimum atomic E-state index is -0.439. The summed E-state index contributed by atoms with van der Waals surface area (Å²) in [5.41, 5.74) is 3.19. The Kier molecular flexibility index (Phi) is 2.18. The fraction of sp³-hybridized carbons (Fsp3) is 0.0588. The van der Waals surface area contributed by atoms with E-state index < -0.39 is 11.7 Å². The van der Waals surface area contributed by atoms with Gasteiger partial charge in [-0.25, -0.2) is 0 Å². The van der Waals surface area contributed by atoms with Crippen molar-refractivity contribution in [2.45, 2.75) is 6.04 Å². The second kappa shape index (κ2) is 3.90. The maximum atomic E-state index is 12.3. The van der Waals surface area contributed by atoms with E-state index in [1.165, 1.54) is 0 Å². The van der Waals surface area contributed by atoms with Crippen LogP contribution in [0.2, 0.25) is 0 Å². The maximum absolute atomic E-state index is 12.3. The zero-order valence-corrected chi connectivity index (χ0v) is 10.6. The van der Waals surface area contributed by atoms with Crippen LogP contribution in [0, 0.1) is 0 Å². The molecule has 3 heteroatoms. The molecule has 1 amide bonds. The number of rotatable bonds is 1. The molecule has 2 aliphatic heterocycles. The molecule has 1 unspecified atom stereocenters.